The summed E-state index contributed by atoms with van der Waals surface area (Å²) in [6.45, 7) is 4.81. The number of hydrogen-bond donors (Lipinski definition) is 2. The molecule has 132 valence electrons. The molecular formula is C19H21FN2O3. The van der Waals surface area contributed by atoms with Crippen molar-refractivity contribution in [2.75, 3.05) is 13.1 Å². The van der Waals surface area contributed by atoms with Crippen LogP contribution in [0.5, 0.6) is 0 Å². The predicted octanol–water partition coefficient (Wildman–Crippen LogP) is 2.76. The molecule has 0 aliphatic carbocycles. The Bertz CT molecular complexity index is 920. The predicted molar refractivity (Wildman–Crippen MR) is 95.0 cm³/mol. The molecule has 0 spiro atoms. The van der Waals surface area contributed by atoms with Crippen molar-refractivity contribution in [2.45, 2.75) is 26.0 Å². The van der Waals surface area contributed by atoms with Crippen molar-refractivity contribution in [3.05, 3.63) is 58.8 Å². The number of benzene rings is 2. The van der Waals surface area contributed by atoms with E-state index in [9.17, 15) is 14.3 Å². The van der Waals surface area contributed by atoms with Crippen LogP contribution in [-0.4, -0.2) is 28.4 Å². The summed E-state index contributed by atoms with van der Waals surface area (Å²) in [5, 5.41) is 12.8. The summed E-state index contributed by atoms with van der Waals surface area (Å²) in [7, 11) is 0. The van der Waals surface area contributed by atoms with Gasteiger partial charge in [-0.15, -0.1) is 0 Å². The average molecular weight is 344 g/mol. The molecule has 0 aliphatic heterocycles. The van der Waals surface area contributed by atoms with Crippen LogP contribution >= 0.6 is 0 Å². The Morgan fingerprint density at radius 3 is 2.52 bits per heavy atom. The molecule has 1 heterocycles. The third kappa shape index (κ3) is 4.15. The Hall–Kier alpha value is -2.44. The van der Waals surface area contributed by atoms with E-state index in [0.717, 1.165) is 11.1 Å². The second kappa shape index (κ2) is 6.82. The molecule has 0 radical (unpaired) electrons. The van der Waals surface area contributed by atoms with Crippen LogP contribution in [0.3, 0.4) is 0 Å². The molecule has 2 N–H and O–H groups in total. The zero-order valence-corrected chi connectivity index (χ0v) is 14.3. The van der Waals surface area contributed by atoms with E-state index in [-0.39, 0.29) is 5.82 Å². The molecule has 3 rings (SSSR count). The van der Waals surface area contributed by atoms with Gasteiger partial charge in [0.25, 0.3) is 0 Å². The lowest BCUT2D eigenvalue weighted by Crippen LogP contribution is -2.36. The number of fused-ring (bicyclic) bond motifs is 1. The largest absolute Gasteiger partial charge is 0.419 e. The summed E-state index contributed by atoms with van der Waals surface area (Å²) >= 11 is 0. The lowest BCUT2D eigenvalue weighted by atomic mass is 10.1. The molecule has 2 aromatic carbocycles. The van der Waals surface area contributed by atoms with Gasteiger partial charge in [-0.2, -0.15) is 0 Å². The second-order valence-electron chi connectivity index (χ2n) is 6.70. The lowest BCUT2D eigenvalue weighted by molar-refractivity contribution is 0.0797. The fraction of sp³-hybridized carbons (Fsp3) is 0.316. The van der Waals surface area contributed by atoms with Crippen LogP contribution in [0, 0.1) is 5.82 Å². The number of oxazole rings is 1. The molecule has 5 nitrogen and oxygen atoms in total. The van der Waals surface area contributed by atoms with Gasteiger partial charge in [0.2, 0.25) is 0 Å². The maximum Gasteiger partial charge on any atom is 0.419 e. The van der Waals surface area contributed by atoms with Crippen molar-refractivity contribution in [2.24, 2.45) is 0 Å². The molecule has 3 aromatic rings. The fourth-order valence-corrected chi connectivity index (χ4v) is 2.68. The van der Waals surface area contributed by atoms with Gasteiger partial charge in [0.15, 0.2) is 5.58 Å². The van der Waals surface area contributed by atoms with Crippen molar-refractivity contribution in [1.82, 2.24) is 9.88 Å². The molecular weight excluding hydrogens is 323 g/mol. The van der Waals surface area contributed by atoms with Gasteiger partial charge in [0.05, 0.1) is 11.1 Å². The molecule has 0 bridgehead atoms. The van der Waals surface area contributed by atoms with Crippen LogP contribution in [0.25, 0.3) is 22.2 Å². The van der Waals surface area contributed by atoms with Gasteiger partial charge in [-0.1, -0.05) is 18.2 Å². The Morgan fingerprint density at radius 1 is 1.16 bits per heavy atom. The van der Waals surface area contributed by atoms with Gasteiger partial charge in [-0.3, -0.25) is 4.57 Å². The van der Waals surface area contributed by atoms with Gasteiger partial charge >= 0.3 is 5.76 Å². The zero-order chi connectivity index (χ0) is 18.0. The van der Waals surface area contributed by atoms with Crippen molar-refractivity contribution >= 4 is 11.1 Å². The Labute approximate surface area is 144 Å². The van der Waals surface area contributed by atoms with E-state index >= 15 is 0 Å². The van der Waals surface area contributed by atoms with Gasteiger partial charge in [0, 0.05) is 19.6 Å². The Balaban J connectivity index is 1.85. The SMILES string of the molecule is CC(C)(O)CNCCn1c(=O)oc2ccc(-c3ccc(F)cc3)cc21. The quantitative estimate of drug-likeness (QED) is 0.675. The van der Waals surface area contributed by atoms with E-state index in [4.69, 9.17) is 4.42 Å². The van der Waals surface area contributed by atoms with Crippen LogP contribution < -0.4 is 11.1 Å². The first-order chi connectivity index (χ1) is 11.8. The smallest absolute Gasteiger partial charge is 0.408 e. The highest BCUT2D eigenvalue weighted by Crippen LogP contribution is 2.24. The standard InChI is InChI=1S/C19H21FN2O3/c1-19(2,24)12-21-9-10-22-16-11-14(5-8-17(16)25-18(22)23)13-3-6-15(20)7-4-13/h3-8,11,21,24H,9-10,12H2,1-2H3. The first-order valence-corrected chi connectivity index (χ1v) is 8.16. The summed E-state index contributed by atoms with van der Waals surface area (Å²) in [6.07, 6.45) is 0. The van der Waals surface area contributed by atoms with Gasteiger partial charge in [-0.25, -0.2) is 9.18 Å². The van der Waals surface area contributed by atoms with Gasteiger partial charge < -0.3 is 14.8 Å². The highest BCUT2D eigenvalue weighted by Gasteiger charge is 2.13. The number of halogens is 1. The first-order valence-electron chi connectivity index (χ1n) is 8.16. The van der Waals surface area contributed by atoms with Crippen LogP contribution in [0.2, 0.25) is 0 Å². The molecule has 0 fully saturated rings. The van der Waals surface area contributed by atoms with E-state index in [1.54, 1.807) is 36.6 Å². The maximum atomic E-state index is 13.1. The molecule has 0 saturated carbocycles. The third-order valence-corrected chi connectivity index (χ3v) is 3.91. The first kappa shape index (κ1) is 17.4. The minimum absolute atomic E-state index is 0.289. The van der Waals surface area contributed by atoms with Crippen LogP contribution in [0.4, 0.5) is 4.39 Å². The number of aliphatic hydroxyl groups is 1. The summed E-state index contributed by atoms with van der Waals surface area (Å²) in [5.74, 6) is -0.709. The summed E-state index contributed by atoms with van der Waals surface area (Å²) in [4.78, 5) is 12.1. The van der Waals surface area contributed by atoms with Crippen molar-refractivity contribution < 1.29 is 13.9 Å². The topological polar surface area (TPSA) is 67.4 Å². The Kier molecular flexibility index (Phi) is 4.74. The van der Waals surface area contributed by atoms with E-state index in [1.165, 1.54) is 12.1 Å². The molecule has 0 atom stereocenters. The Morgan fingerprint density at radius 2 is 1.84 bits per heavy atom. The molecule has 1 aromatic heterocycles. The van der Waals surface area contributed by atoms with E-state index in [2.05, 4.69) is 5.32 Å². The van der Waals surface area contributed by atoms with Crippen molar-refractivity contribution in [1.29, 1.82) is 0 Å². The number of nitrogens with zero attached hydrogens (tertiary/aromatic N) is 1. The maximum absolute atomic E-state index is 13.1. The molecule has 0 amide bonds. The van der Waals surface area contributed by atoms with Crippen molar-refractivity contribution in [3.8, 4) is 11.1 Å². The van der Waals surface area contributed by atoms with E-state index in [0.29, 0.717) is 30.7 Å². The van der Waals surface area contributed by atoms with Crippen LogP contribution in [0.15, 0.2) is 51.7 Å². The third-order valence-electron chi connectivity index (χ3n) is 3.91. The molecule has 6 heteroatoms. The van der Waals surface area contributed by atoms with E-state index in [1.807, 2.05) is 12.1 Å². The van der Waals surface area contributed by atoms with Crippen molar-refractivity contribution in [3.63, 3.8) is 0 Å². The highest BCUT2D eigenvalue weighted by molar-refractivity contribution is 5.80. The highest BCUT2D eigenvalue weighted by atomic mass is 19.1. The van der Waals surface area contributed by atoms with Crippen LogP contribution in [0.1, 0.15) is 13.8 Å². The van der Waals surface area contributed by atoms with Gasteiger partial charge in [0.1, 0.15) is 5.82 Å². The lowest BCUT2D eigenvalue weighted by Gasteiger charge is -2.17. The molecule has 0 aliphatic rings. The monoisotopic (exact) mass is 344 g/mol. The number of aromatic nitrogens is 1. The number of nitrogens with one attached hydrogen (secondary N) is 1. The average Bonchev–Trinajstić information content (AvgIpc) is 2.86. The number of hydrogen-bond acceptors (Lipinski definition) is 4. The zero-order valence-electron chi connectivity index (χ0n) is 14.3. The summed E-state index contributed by atoms with van der Waals surface area (Å²) in [5.41, 5.74) is 2.14. The summed E-state index contributed by atoms with van der Waals surface area (Å²) < 4.78 is 19.9. The van der Waals surface area contributed by atoms with Gasteiger partial charge in [-0.05, 0) is 49.2 Å². The number of rotatable bonds is 6. The second-order valence-corrected chi connectivity index (χ2v) is 6.70. The normalized spacial score (nSPS) is 12.0. The molecule has 0 unspecified atom stereocenters. The molecule has 25 heavy (non-hydrogen) atoms. The van der Waals surface area contributed by atoms with Crippen LogP contribution in [-0.2, 0) is 6.54 Å². The van der Waals surface area contributed by atoms with E-state index < -0.39 is 11.4 Å². The summed E-state index contributed by atoms with van der Waals surface area (Å²) in [6, 6.07) is 11.7. The minimum Gasteiger partial charge on any atom is -0.408 e. The minimum atomic E-state index is -0.806. The fourth-order valence-electron chi connectivity index (χ4n) is 2.68. The molecule has 0 saturated heterocycles.